The molecule has 0 bridgehead atoms. The maximum atomic E-state index is 13.2. The first-order chi connectivity index (χ1) is 10.5. The van der Waals surface area contributed by atoms with E-state index in [9.17, 15) is 26.0 Å². The third-order valence-electron chi connectivity index (χ3n) is 3.00. The minimum atomic E-state index is -4.79. The minimum Gasteiger partial charge on any atom is -0.279 e. The normalized spacial score (nSPS) is 12.3. The molecule has 0 radical (unpaired) electrons. The van der Waals surface area contributed by atoms with Crippen LogP contribution in [-0.2, 0) is 16.2 Å². The Balaban J connectivity index is 2.46. The van der Waals surface area contributed by atoms with E-state index in [2.05, 4.69) is 4.72 Å². The van der Waals surface area contributed by atoms with Crippen LogP contribution in [-0.4, -0.2) is 8.42 Å². The van der Waals surface area contributed by atoms with Gasteiger partial charge in [-0.25, -0.2) is 12.8 Å². The Kier molecular flexibility index (Phi) is 4.59. The van der Waals surface area contributed by atoms with E-state index in [1.807, 2.05) is 0 Å². The van der Waals surface area contributed by atoms with Crippen LogP contribution in [0.4, 0.5) is 23.2 Å². The van der Waals surface area contributed by atoms with Crippen LogP contribution in [0.1, 0.15) is 11.1 Å². The fourth-order valence-corrected chi connectivity index (χ4v) is 3.17. The zero-order valence-electron chi connectivity index (χ0n) is 11.6. The highest BCUT2D eigenvalue weighted by Crippen LogP contribution is 2.36. The van der Waals surface area contributed by atoms with Gasteiger partial charge in [-0.1, -0.05) is 17.7 Å². The monoisotopic (exact) mass is 367 g/mol. The highest BCUT2D eigenvalue weighted by molar-refractivity contribution is 7.92. The number of aryl methyl sites for hydroxylation is 1. The second kappa shape index (κ2) is 6.01. The van der Waals surface area contributed by atoms with E-state index >= 15 is 0 Å². The van der Waals surface area contributed by atoms with Crippen LogP contribution < -0.4 is 4.72 Å². The molecule has 1 N–H and O–H groups in total. The van der Waals surface area contributed by atoms with Crippen LogP contribution in [0, 0.1) is 12.7 Å². The van der Waals surface area contributed by atoms with Crippen LogP contribution in [0.15, 0.2) is 41.3 Å². The second-order valence-corrected chi connectivity index (χ2v) is 6.79. The second-order valence-electron chi connectivity index (χ2n) is 4.70. The molecule has 0 heterocycles. The smallest absolute Gasteiger partial charge is 0.279 e. The summed E-state index contributed by atoms with van der Waals surface area (Å²) in [5, 5.41) is -0.613. The van der Waals surface area contributed by atoms with Crippen molar-refractivity contribution in [3.63, 3.8) is 0 Å². The van der Waals surface area contributed by atoms with E-state index in [0.29, 0.717) is 11.6 Å². The van der Waals surface area contributed by atoms with Crippen LogP contribution in [0.2, 0.25) is 5.02 Å². The average molecular weight is 368 g/mol. The quantitative estimate of drug-likeness (QED) is 0.805. The lowest BCUT2D eigenvalue weighted by Crippen LogP contribution is -2.15. The predicted molar refractivity (Wildman–Crippen MR) is 78.4 cm³/mol. The first-order valence-corrected chi connectivity index (χ1v) is 8.02. The Morgan fingerprint density at radius 3 is 2.35 bits per heavy atom. The lowest BCUT2D eigenvalue weighted by Gasteiger charge is -2.13. The summed E-state index contributed by atoms with van der Waals surface area (Å²) < 4.78 is 78.1. The fourth-order valence-electron chi connectivity index (χ4n) is 1.80. The zero-order chi connectivity index (χ0) is 17.4. The predicted octanol–water partition coefficient (Wildman–Crippen LogP) is 4.61. The average Bonchev–Trinajstić information content (AvgIpc) is 2.41. The summed E-state index contributed by atoms with van der Waals surface area (Å²) in [5.74, 6) is -0.680. The molecule has 124 valence electrons. The molecule has 0 unspecified atom stereocenters. The maximum Gasteiger partial charge on any atom is 0.417 e. The van der Waals surface area contributed by atoms with Gasteiger partial charge in [0.25, 0.3) is 10.0 Å². The summed E-state index contributed by atoms with van der Waals surface area (Å²) in [6.45, 7) is 1.53. The van der Waals surface area contributed by atoms with E-state index in [4.69, 9.17) is 11.6 Å². The first kappa shape index (κ1) is 17.6. The minimum absolute atomic E-state index is 0.0616. The lowest BCUT2D eigenvalue weighted by atomic mass is 10.2. The molecule has 0 atom stereocenters. The fraction of sp³-hybridized carbons (Fsp3) is 0.143. The van der Waals surface area contributed by atoms with Crippen molar-refractivity contribution in [2.45, 2.75) is 18.0 Å². The molecule has 2 aromatic carbocycles. The molecule has 0 aliphatic rings. The summed E-state index contributed by atoms with van der Waals surface area (Å²) in [4.78, 5) is -0.627. The van der Waals surface area contributed by atoms with Crippen LogP contribution in [0.25, 0.3) is 0 Å². The number of halogens is 5. The summed E-state index contributed by atoms with van der Waals surface area (Å²) in [6.07, 6.45) is -4.79. The molecule has 0 aliphatic carbocycles. The maximum absolute atomic E-state index is 13.2. The number of sulfonamides is 1. The molecule has 2 aromatic rings. The number of hydrogen-bond donors (Lipinski definition) is 1. The SMILES string of the molecule is Cc1ccc(F)cc1NS(=O)(=O)c1ccc(Cl)c(C(F)(F)F)c1. The molecule has 0 fully saturated rings. The van der Waals surface area contributed by atoms with Crippen LogP contribution in [0.3, 0.4) is 0 Å². The topological polar surface area (TPSA) is 46.2 Å². The van der Waals surface area contributed by atoms with Gasteiger partial charge in [0.2, 0.25) is 0 Å². The summed E-state index contributed by atoms with van der Waals surface area (Å²) >= 11 is 5.45. The number of anilines is 1. The van der Waals surface area contributed by atoms with Crippen molar-refractivity contribution in [2.75, 3.05) is 4.72 Å². The van der Waals surface area contributed by atoms with Gasteiger partial charge < -0.3 is 0 Å². The molecule has 9 heteroatoms. The molecular formula is C14H10ClF4NO2S. The molecule has 0 aromatic heterocycles. The molecule has 0 saturated carbocycles. The van der Waals surface area contributed by atoms with Crippen molar-refractivity contribution in [1.29, 1.82) is 0 Å². The van der Waals surface area contributed by atoms with Gasteiger partial charge in [0, 0.05) is 0 Å². The van der Waals surface area contributed by atoms with Crippen molar-refractivity contribution in [1.82, 2.24) is 0 Å². The van der Waals surface area contributed by atoms with Gasteiger partial charge in [-0.2, -0.15) is 13.2 Å². The number of nitrogens with one attached hydrogen (secondary N) is 1. The Morgan fingerprint density at radius 2 is 1.74 bits per heavy atom. The molecule has 0 saturated heterocycles. The molecule has 23 heavy (non-hydrogen) atoms. The van der Waals surface area contributed by atoms with E-state index in [0.717, 1.165) is 24.3 Å². The lowest BCUT2D eigenvalue weighted by molar-refractivity contribution is -0.137. The zero-order valence-corrected chi connectivity index (χ0v) is 13.2. The van der Waals surface area contributed by atoms with Crippen LogP contribution in [0.5, 0.6) is 0 Å². The van der Waals surface area contributed by atoms with Crippen molar-refractivity contribution in [3.8, 4) is 0 Å². The summed E-state index contributed by atoms with van der Waals surface area (Å²) in [5.41, 5.74) is -0.911. The highest BCUT2D eigenvalue weighted by atomic mass is 35.5. The van der Waals surface area contributed by atoms with E-state index in [1.54, 1.807) is 0 Å². The van der Waals surface area contributed by atoms with Crippen molar-refractivity contribution in [3.05, 3.63) is 58.4 Å². The summed E-state index contributed by atoms with van der Waals surface area (Å²) in [7, 11) is -4.33. The van der Waals surface area contributed by atoms with E-state index in [-0.39, 0.29) is 5.69 Å². The van der Waals surface area contributed by atoms with Crippen molar-refractivity contribution >= 4 is 27.3 Å². The number of benzene rings is 2. The van der Waals surface area contributed by atoms with E-state index in [1.165, 1.54) is 13.0 Å². The standard InChI is InChI=1S/C14H10ClF4NO2S/c1-8-2-3-9(16)6-13(8)20-23(21,22)10-4-5-12(15)11(7-10)14(17,18)19/h2-7,20H,1H3. The molecule has 0 aliphatic heterocycles. The van der Waals surface area contributed by atoms with Gasteiger partial charge in [0.15, 0.2) is 0 Å². The Labute approximate surface area is 134 Å². The van der Waals surface area contributed by atoms with Gasteiger partial charge in [-0.05, 0) is 42.8 Å². The molecular weight excluding hydrogens is 358 g/mol. The molecule has 0 spiro atoms. The third kappa shape index (κ3) is 3.94. The molecule has 3 nitrogen and oxygen atoms in total. The van der Waals surface area contributed by atoms with Gasteiger partial charge in [0.1, 0.15) is 5.82 Å². The van der Waals surface area contributed by atoms with Gasteiger partial charge in [0.05, 0.1) is 21.2 Å². The number of hydrogen-bond acceptors (Lipinski definition) is 2. The van der Waals surface area contributed by atoms with Gasteiger partial charge in [-0.3, -0.25) is 4.72 Å². The summed E-state index contributed by atoms with van der Waals surface area (Å²) in [6, 6.07) is 5.63. The Morgan fingerprint density at radius 1 is 1.09 bits per heavy atom. The van der Waals surface area contributed by atoms with Gasteiger partial charge in [-0.15, -0.1) is 0 Å². The largest absolute Gasteiger partial charge is 0.417 e. The first-order valence-electron chi connectivity index (χ1n) is 6.16. The van der Waals surface area contributed by atoms with E-state index < -0.39 is 37.5 Å². The van der Waals surface area contributed by atoms with Gasteiger partial charge >= 0.3 is 6.18 Å². The van der Waals surface area contributed by atoms with Crippen LogP contribution >= 0.6 is 11.6 Å². The number of rotatable bonds is 3. The molecule has 0 amide bonds. The number of alkyl halides is 3. The van der Waals surface area contributed by atoms with Crippen molar-refractivity contribution in [2.24, 2.45) is 0 Å². The highest BCUT2D eigenvalue weighted by Gasteiger charge is 2.34. The Hall–Kier alpha value is -1.80. The molecule has 2 rings (SSSR count). The third-order valence-corrected chi connectivity index (χ3v) is 4.69. The Bertz CT molecular complexity index is 850. The van der Waals surface area contributed by atoms with Crippen molar-refractivity contribution < 1.29 is 26.0 Å².